The quantitative estimate of drug-likeness (QED) is 0.0455. The van der Waals surface area contributed by atoms with E-state index >= 15 is 0 Å². The van der Waals surface area contributed by atoms with Crippen LogP contribution < -0.4 is 16.4 Å². The summed E-state index contributed by atoms with van der Waals surface area (Å²) in [6, 6.07) is -0.660. The Morgan fingerprint density at radius 1 is 0.604 bits per heavy atom. The van der Waals surface area contributed by atoms with Crippen LogP contribution in [0, 0.1) is 0 Å². The fraction of sp³-hybridized carbons (Fsp3) is 0.867. The van der Waals surface area contributed by atoms with Gasteiger partial charge < -0.3 is 51.0 Å². The van der Waals surface area contributed by atoms with Gasteiger partial charge in [0.2, 0.25) is 4.69 Å². The minimum atomic E-state index is -0.330. The third kappa shape index (κ3) is 64.1. The summed E-state index contributed by atoms with van der Waals surface area (Å²) in [4.78, 5) is 42.5. The van der Waals surface area contributed by atoms with E-state index in [1.165, 1.54) is 0 Å². The normalized spacial score (nSPS) is 11.7. The summed E-state index contributed by atoms with van der Waals surface area (Å²) >= 11 is 8.89. The summed E-state index contributed by atoms with van der Waals surface area (Å²) in [6.45, 7) is 17.9. The Morgan fingerprint density at radius 2 is 0.875 bits per heavy atom. The molecule has 0 fully saturated rings. The van der Waals surface area contributed by atoms with E-state index in [-0.39, 0.29) is 76.6 Å². The first kappa shape index (κ1) is 62.6. The summed E-state index contributed by atoms with van der Waals surface area (Å²) in [5, 5.41) is 38.2. The molecule has 0 heterocycles. The molecule has 0 aromatic carbocycles. The second kappa shape index (κ2) is 53.3. The van der Waals surface area contributed by atoms with Crippen molar-refractivity contribution in [2.24, 2.45) is 5.73 Å². The molecule has 0 bridgehead atoms. The number of ether oxygens (including phenoxy) is 3. The number of rotatable bonds is 18. The van der Waals surface area contributed by atoms with Crippen LogP contribution in [0.4, 0.5) is 0 Å². The molecule has 0 rings (SSSR count). The Balaban J connectivity index is -0.0000000879. The van der Waals surface area contributed by atoms with Crippen LogP contribution in [0.5, 0.6) is 0 Å². The topological polar surface area (TPSA) is 227 Å². The van der Waals surface area contributed by atoms with Crippen molar-refractivity contribution < 1.29 is 53.8 Å². The van der Waals surface area contributed by atoms with E-state index in [4.69, 9.17) is 40.4 Å². The summed E-state index contributed by atoms with van der Waals surface area (Å²) in [6.07, 6.45) is 3.42. The van der Waals surface area contributed by atoms with Gasteiger partial charge in [0.25, 0.3) is 0 Å². The molecule has 0 spiro atoms. The van der Waals surface area contributed by atoms with Gasteiger partial charge in [0.1, 0.15) is 16.9 Å². The number of aliphatic hydroxyl groups excluding tert-OH is 4. The number of nitrogens with two attached hydrogens (primary N) is 1. The molecular formula is C30H65Br3ClN3O11. The molecule has 0 aromatic rings. The zero-order chi connectivity index (χ0) is 38.1. The number of esters is 3. The number of halogens is 4. The van der Waals surface area contributed by atoms with E-state index in [9.17, 15) is 19.2 Å². The van der Waals surface area contributed by atoms with Crippen LogP contribution in [-0.2, 0) is 33.4 Å². The molecule has 294 valence electrons. The average Bonchev–Trinajstić information content (AvgIpc) is 3.06. The van der Waals surface area contributed by atoms with E-state index in [2.05, 4.69) is 58.4 Å². The monoisotopic (exact) mass is 915 g/mol. The van der Waals surface area contributed by atoms with Crippen LogP contribution in [0.25, 0.3) is 0 Å². The van der Waals surface area contributed by atoms with Crippen molar-refractivity contribution in [2.75, 3.05) is 65.9 Å². The highest BCUT2D eigenvalue weighted by Gasteiger charge is 2.13. The summed E-state index contributed by atoms with van der Waals surface area (Å²) in [5.41, 5.74) is 4.78. The average molecular weight is 919 g/mol. The summed E-state index contributed by atoms with van der Waals surface area (Å²) in [7, 11) is 0. The molecule has 8 N–H and O–H groups in total. The largest absolute Gasteiger partial charge is 0.465 e. The van der Waals surface area contributed by atoms with Crippen LogP contribution in [0.2, 0.25) is 0 Å². The van der Waals surface area contributed by atoms with Crippen molar-refractivity contribution in [1.29, 1.82) is 0 Å². The first-order chi connectivity index (χ1) is 22.1. The van der Waals surface area contributed by atoms with E-state index in [0.717, 1.165) is 25.7 Å². The highest BCUT2D eigenvalue weighted by molar-refractivity contribution is 9.20. The van der Waals surface area contributed by atoms with Crippen LogP contribution in [-0.4, -0.2) is 131 Å². The van der Waals surface area contributed by atoms with Crippen LogP contribution in [0.1, 0.15) is 81.1 Å². The Bertz CT molecular complexity index is 651. The van der Waals surface area contributed by atoms with Crippen molar-refractivity contribution in [3.8, 4) is 0 Å². The van der Waals surface area contributed by atoms with Crippen molar-refractivity contribution in [3.05, 3.63) is 0 Å². The number of carbonyl (C=O) groups excluding carboxylic acids is 4. The molecule has 0 aliphatic heterocycles. The predicted molar refractivity (Wildman–Crippen MR) is 204 cm³/mol. The smallest absolute Gasteiger partial charge is 0.322 e. The fourth-order valence-electron chi connectivity index (χ4n) is 1.70. The maximum Gasteiger partial charge on any atom is 0.322 e. The van der Waals surface area contributed by atoms with Crippen LogP contribution in [0.15, 0.2) is 0 Å². The van der Waals surface area contributed by atoms with Crippen LogP contribution in [0.3, 0.4) is 0 Å². The van der Waals surface area contributed by atoms with Crippen molar-refractivity contribution in [3.63, 3.8) is 0 Å². The standard InChI is InChI=1S/2C8H17NO3.C6H11BrO2.C3H4Br2O.C3H8O.C2H7NO.ClH/c2*1-3-6-12-8(11)7(2)9-4-5-10;1-3-4-9-6(8)5(2)7;1-2(4)3(5)6;1-2-3-4;3-1-2-4;/h2*7,9-10H,3-6H2,1-2H3;5H,3-4H2,1-2H3;2H,1H3;4H,2-3H2,1H3;4H,1-3H2;1H. The third-order valence-electron chi connectivity index (χ3n) is 4.17. The number of carbonyl (C=O) groups is 4. The van der Waals surface area contributed by atoms with Gasteiger partial charge in [0, 0.05) is 26.2 Å². The molecular weight excluding hydrogens is 854 g/mol. The molecule has 4 atom stereocenters. The molecule has 0 radical (unpaired) electrons. The van der Waals surface area contributed by atoms with E-state index < -0.39 is 0 Å². The summed E-state index contributed by atoms with van der Waals surface area (Å²) < 4.78 is 14.5. The number of hydrogen-bond acceptors (Lipinski definition) is 14. The molecule has 48 heavy (non-hydrogen) atoms. The maximum atomic E-state index is 11.0. The van der Waals surface area contributed by atoms with Gasteiger partial charge in [0.05, 0.1) is 44.5 Å². The zero-order valence-corrected chi connectivity index (χ0v) is 35.5. The summed E-state index contributed by atoms with van der Waals surface area (Å²) in [5.74, 6) is -0.701. The number of alkyl halides is 2. The van der Waals surface area contributed by atoms with E-state index in [1.807, 2.05) is 27.7 Å². The van der Waals surface area contributed by atoms with Gasteiger partial charge in [-0.3, -0.25) is 19.2 Å². The molecule has 18 heteroatoms. The highest BCUT2D eigenvalue weighted by atomic mass is 79.9. The molecule has 0 aliphatic carbocycles. The van der Waals surface area contributed by atoms with E-state index in [1.54, 1.807) is 27.7 Å². The predicted octanol–water partition coefficient (Wildman–Crippen LogP) is 2.98. The van der Waals surface area contributed by atoms with Crippen molar-refractivity contribution >= 4 is 82.8 Å². The van der Waals surface area contributed by atoms with E-state index in [0.29, 0.717) is 46.1 Å². The van der Waals surface area contributed by atoms with Gasteiger partial charge in [-0.2, -0.15) is 0 Å². The molecule has 0 aromatic heterocycles. The number of aliphatic hydroxyl groups is 4. The SMILES string of the molecule is CC(Br)C(=O)Br.CCCO.CCCOC(=O)C(C)Br.CCCOC(=O)C(C)NCCO.CCCOC(=O)C(C)NCCO.Cl.NCCO. The Kier molecular flexibility index (Phi) is 69.6. The van der Waals surface area contributed by atoms with Gasteiger partial charge >= 0.3 is 17.9 Å². The second-order valence-electron chi connectivity index (χ2n) is 9.07. The lowest BCUT2D eigenvalue weighted by Crippen LogP contribution is -2.37. The Labute approximate surface area is 320 Å². The lowest BCUT2D eigenvalue weighted by Gasteiger charge is -2.11. The lowest BCUT2D eigenvalue weighted by molar-refractivity contribution is -0.146. The molecule has 4 unspecified atom stereocenters. The van der Waals surface area contributed by atoms with Gasteiger partial charge in [-0.15, -0.1) is 12.4 Å². The van der Waals surface area contributed by atoms with Gasteiger partial charge in [-0.1, -0.05) is 59.6 Å². The number of hydrogen-bond donors (Lipinski definition) is 7. The van der Waals surface area contributed by atoms with Gasteiger partial charge in [-0.25, -0.2) is 0 Å². The Morgan fingerprint density at radius 3 is 1.04 bits per heavy atom. The highest BCUT2D eigenvalue weighted by Crippen LogP contribution is 2.02. The minimum Gasteiger partial charge on any atom is -0.465 e. The second-order valence-corrected chi connectivity index (χ2v) is 12.6. The maximum absolute atomic E-state index is 11.0. The van der Waals surface area contributed by atoms with Crippen molar-refractivity contribution in [2.45, 2.75) is 103 Å². The van der Waals surface area contributed by atoms with Gasteiger partial charge in [0.15, 0.2) is 0 Å². The van der Waals surface area contributed by atoms with Crippen molar-refractivity contribution in [1.82, 2.24) is 10.6 Å². The van der Waals surface area contributed by atoms with Crippen LogP contribution >= 0.6 is 60.2 Å². The fourth-order valence-corrected chi connectivity index (χ4v) is 1.83. The molecule has 0 saturated carbocycles. The Hall–Kier alpha value is -0.470. The minimum absolute atomic E-state index is 0. The lowest BCUT2D eigenvalue weighted by atomic mass is 10.3. The van der Waals surface area contributed by atoms with Gasteiger partial charge in [-0.05, 0) is 69.3 Å². The molecule has 0 amide bonds. The molecule has 0 aliphatic rings. The number of nitrogens with one attached hydrogen (secondary N) is 2. The first-order valence-electron chi connectivity index (χ1n) is 15.7. The molecule has 0 saturated heterocycles. The third-order valence-corrected chi connectivity index (χ3v) is 6.26. The molecule has 14 nitrogen and oxygen atoms in total. The zero-order valence-electron chi connectivity index (χ0n) is 30.0. The first-order valence-corrected chi connectivity index (χ1v) is 18.3.